The zero-order valence-corrected chi connectivity index (χ0v) is 14.4. The van der Waals surface area contributed by atoms with Crippen LogP contribution in [0.2, 0.25) is 0 Å². The van der Waals surface area contributed by atoms with E-state index in [9.17, 15) is 18.3 Å². The molecule has 1 heterocycles. The summed E-state index contributed by atoms with van der Waals surface area (Å²) in [5, 5.41) is 9.55. The van der Waals surface area contributed by atoms with Crippen LogP contribution in [0.25, 0.3) is 0 Å². The van der Waals surface area contributed by atoms with Crippen molar-refractivity contribution in [3.63, 3.8) is 0 Å². The lowest BCUT2D eigenvalue weighted by Crippen LogP contribution is -2.37. The summed E-state index contributed by atoms with van der Waals surface area (Å²) in [4.78, 5) is 14.4. The van der Waals surface area contributed by atoms with E-state index in [0.717, 1.165) is 12.8 Å². The lowest BCUT2D eigenvalue weighted by atomic mass is 10.1. The molecule has 6 nitrogen and oxygen atoms in total. The molecule has 0 saturated carbocycles. The van der Waals surface area contributed by atoms with Gasteiger partial charge in [-0.15, -0.1) is 6.42 Å². The first-order valence-electron chi connectivity index (χ1n) is 7.87. The van der Waals surface area contributed by atoms with Gasteiger partial charge in [0.25, 0.3) is 5.91 Å². The zero-order chi connectivity index (χ0) is 17.7. The van der Waals surface area contributed by atoms with Crippen LogP contribution in [0.5, 0.6) is 0 Å². The summed E-state index contributed by atoms with van der Waals surface area (Å²) < 4.78 is 26.2. The molecule has 2 atom stereocenters. The van der Waals surface area contributed by atoms with Crippen LogP contribution in [0.4, 0.5) is 0 Å². The van der Waals surface area contributed by atoms with Gasteiger partial charge >= 0.3 is 0 Å². The van der Waals surface area contributed by atoms with Gasteiger partial charge in [0.2, 0.25) is 10.0 Å². The van der Waals surface area contributed by atoms with Gasteiger partial charge in [0.15, 0.2) is 0 Å². The van der Waals surface area contributed by atoms with Crippen LogP contribution >= 0.6 is 0 Å². The molecule has 1 aliphatic rings. The van der Waals surface area contributed by atoms with Gasteiger partial charge in [0, 0.05) is 18.2 Å². The Labute approximate surface area is 142 Å². The SMILES string of the molecule is C#CCNS(=O)(=O)c1ccc(C(=O)N2CCC[C@H]2C[C@@H](C)O)cc1. The molecule has 0 aromatic heterocycles. The molecule has 2 N–H and O–H groups in total. The van der Waals surface area contributed by atoms with Crippen LogP contribution in [0.1, 0.15) is 36.5 Å². The predicted octanol–water partition coefficient (Wildman–Crippen LogP) is 0.974. The summed E-state index contributed by atoms with van der Waals surface area (Å²) >= 11 is 0. The van der Waals surface area contributed by atoms with E-state index in [1.807, 2.05) is 0 Å². The molecule has 1 saturated heterocycles. The number of aliphatic hydroxyl groups excluding tert-OH is 1. The first-order chi connectivity index (χ1) is 11.3. The fourth-order valence-corrected chi connectivity index (χ4v) is 3.84. The van der Waals surface area contributed by atoms with E-state index < -0.39 is 16.1 Å². The third-order valence-electron chi connectivity index (χ3n) is 4.03. The Bertz CT molecular complexity index is 720. The van der Waals surface area contributed by atoms with Crippen molar-refractivity contribution in [2.24, 2.45) is 0 Å². The molecule has 2 rings (SSSR count). The molecule has 0 spiro atoms. The van der Waals surface area contributed by atoms with Crippen molar-refractivity contribution < 1.29 is 18.3 Å². The van der Waals surface area contributed by atoms with Gasteiger partial charge in [-0.1, -0.05) is 5.92 Å². The minimum absolute atomic E-state index is 0.0261. The van der Waals surface area contributed by atoms with Crippen molar-refractivity contribution in [3.05, 3.63) is 29.8 Å². The number of hydrogen-bond donors (Lipinski definition) is 2. The highest BCUT2D eigenvalue weighted by Crippen LogP contribution is 2.24. The average molecular weight is 350 g/mol. The van der Waals surface area contributed by atoms with E-state index in [4.69, 9.17) is 6.42 Å². The van der Waals surface area contributed by atoms with Crippen LogP contribution in [-0.4, -0.2) is 49.6 Å². The second-order valence-electron chi connectivity index (χ2n) is 5.93. The van der Waals surface area contributed by atoms with Crippen LogP contribution in [0.3, 0.4) is 0 Å². The lowest BCUT2D eigenvalue weighted by Gasteiger charge is -2.25. The fourth-order valence-electron chi connectivity index (χ4n) is 2.90. The summed E-state index contributed by atoms with van der Waals surface area (Å²) in [6.45, 7) is 2.28. The van der Waals surface area contributed by atoms with Crippen molar-refractivity contribution in [3.8, 4) is 12.3 Å². The minimum Gasteiger partial charge on any atom is -0.393 e. The first kappa shape index (κ1) is 18.5. The predicted molar refractivity (Wildman–Crippen MR) is 90.8 cm³/mol. The van der Waals surface area contributed by atoms with Gasteiger partial charge in [-0.25, -0.2) is 8.42 Å². The maximum absolute atomic E-state index is 12.6. The average Bonchev–Trinajstić information content (AvgIpc) is 2.99. The third-order valence-corrected chi connectivity index (χ3v) is 5.44. The van der Waals surface area contributed by atoms with Crippen molar-refractivity contribution in [1.82, 2.24) is 9.62 Å². The van der Waals surface area contributed by atoms with Crippen LogP contribution in [-0.2, 0) is 10.0 Å². The highest BCUT2D eigenvalue weighted by atomic mass is 32.2. The smallest absolute Gasteiger partial charge is 0.254 e. The molecule has 0 aliphatic carbocycles. The molecule has 1 amide bonds. The molecule has 1 aromatic rings. The normalized spacial score (nSPS) is 19.0. The summed E-state index contributed by atoms with van der Waals surface area (Å²) in [5.41, 5.74) is 0.434. The Balaban J connectivity index is 2.13. The molecule has 1 fully saturated rings. The molecule has 7 heteroatoms. The van der Waals surface area contributed by atoms with Crippen LogP contribution in [0.15, 0.2) is 29.2 Å². The highest BCUT2D eigenvalue weighted by Gasteiger charge is 2.30. The molecule has 24 heavy (non-hydrogen) atoms. The number of sulfonamides is 1. The quantitative estimate of drug-likeness (QED) is 0.749. The second kappa shape index (κ2) is 7.79. The number of likely N-dealkylation sites (tertiary alicyclic amines) is 1. The largest absolute Gasteiger partial charge is 0.393 e. The standard InChI is InChI=1S/C17H22N2O4S/c1-3-10-18-24(22,23)16-8-6-14(7-9-16)17(21)19-11-4-5-15(19)12-13(2)20/h1,6-9,13,15,18,20H,4-5,10-12H2,2H3/t13-,15+/m1/s1. The monoisotopic (exact) mass is 350 g/mol. The van der Waals surface area contributed by atoms with E-state index in [1.165, 1.54) is 24.3 Å². The number of carbonyl (C=O) groups excluding carboxylic acids is 1. The fraction of sp³-hybridized carbons (Fsp3) is 0.471. The Kier molecular flexibility index (Phi) is 5.99. The molecule has 1 aromatic carbocycles. The number of rotatable bonds is 6. The number of aliphatic hydroxyl groups is 1. The lowest BCUT2D eigenvalue weighted by molar-refractivity contribution is 0.0682. The Hall–Kier alpha value is -1.88. The van der Waals surface area contributed by atoms with Gasteiger partial charge in [0.05, 0.1) is 17.5 Å². The Morgan fingerprint density at radius 1 is 1.46 bits per heavy atom. The summed E-state index contributed by atoms with van der Waals surface area (Å²) in [6, 6.07) is 5.82. The molecule has 130 valence electrons. The molecule has 0 radical (unpaired) electrons. The first-order valence-corrected chi connectivity index (χ1v) is 9.35. The molecule has 0 unspecified atom stereocenters. The number of nitrogens with one attached hydrogen (secondary N) is 1. The van der Waals surface area contributed by atoms with Gasteiger partial charge in [0.1, 0.15) is 0 Å². The third kappa shape index (κ3) is 4.35. The van der Waals surface area contributed by atoms with E-state index in [-0.39, 0.29) is 23.4 Å². The number of terminal acetylenes is 1. The Morgan fingerprint density at radius 2 is 2.12 bits per heavy atom. The van der Waals surface area contributed by atoms with Crippen LogP contribution < -0.4 is 4.72 Å². The van der Waals surface area contributed by atoms with Crippen LogP contribution in [0, 0.1) is 12.3 Å². The number of nitrogens with zero attached hydrogens (tertiary/aromatic N) is 1. The van der Waals surface area contributed by atoms with E-state index in [2.05, 4.69) is 10.6 Å². The summed E-state index contributed by atoms with van der Waals surface area (Å²) in [5.74, 6) is 2.07. The van der Waals surface area contributed by atoms with Gasteiger partial charge < -0.3 is 10.0 Å². The van der Waals surface area contributed by atoms with Crippen molar-refractivity contribution in [2.75, 3.05) is 13.1 Å². The number of amides is 1. The number of hydrogen-bond acceptors (Lipinski definition) is 4. The van der Waals surface area contributed by atoms with E-state index >= 15 is 0 Å². The maximum atomic E-state index is 12.6. The molecular weight excluding hydrogens is 328 g/mol. The van der Waals surface area contributed by atoms with E-state index in [1.54, 1.807) is 11.8 Å². The molecular formula is C17H22N2O4S. The highest BCUT2D eigenvalue weighted by molar-refractivity contribution is 7.89. The van der Waals surface area contributed by atoms with Crippen molar-refractivity contribution >= 4 is 15.9 Å². The number of benzene rings is 1. The van der Waals surface area contributed by atoms with E-state index in [0.29, 0.717) is 18.5 Å². The molecule has 0 bridgehead atoms. The Morgan fingerprint density at radius 3 is 2.71 bits per heavy atom. The summed E-state index contributed by atoms with van der Waals surface area (Å²) in [7, 11) is -3.66. The maximum Gasteiger partial charge on any atom is 0.254 e. The minimum atomic E-state index is -3.66. The van der Waals surface area contributed by atoms with Crippen molar-refractivity contribution in [1.29, 1.82) is 0 Å². The molecule has 1 aliphatic heterocycles. The van der Waals surface area contributed by atoms with Crippen molar-refractivity contribution in [2.45, 2.75) is 43.2 Å². The number of carbonyl (C=O) groups is 1. The topological polar surface area (TPSA) is 86.7 Å². The summed E-state index contributed by atoms with van der Waals surface area (Å²) in [6.07, 6.45) is 6.92. The van der Waals surface area contributed by atoms with Gasteiger partial charge in [-0.2, -0.15) is 4.72 Å². The van der Waals surface area contributed by atoms with Gasteiger partial charge in [-0.3, -0.25) is 4.79 Å². The van der Waals surface area contributed by atoms with Gasteiger partial charge in [-0.05, 0) is 50.5 Å². The zero-order valence-electron chi connectivity index (χ0n) is 13.6. The second-order valence-corrected chi connectivity index (χ2v) is 7.70.